The van der Waals surface area contributed by atoms with Gasteiger partial charge in [-0.25, -0.2) is 0 Å². The van der Waals surface area contributed by atoms with Gasteiger partial charge in [-0.15, -0.1) is 0 Å². The van der Waals surface area contributed by atoms with Crippen molar-refractivity contribution in [2.75, 3.05) is 0 Å². The Kier molecular flexibility index (Phi) is 9.61. The maximum atomic E-state index is 11.0. The molecular formula is C14H8K2N6O6. The number of benzene rings is 2. The summed E-state index contributed by atoms with van der Waals surface area (Å²) in [6.45, 7) is 0. The Morgan fingerprint density at radius 3 is 1.43 bits per heavy atom. The maximum absolute atomic E-state index is 11.0. The molecule has 0 aliphatic rings. The summed E-state index contributed by atoms with van der Waals surface area (Å²) in [5.74, 6) is -2.78. The summed E-state index contributed by atoms with van der Waals surface area (Å²) in [4.78, 5) is 21.7. The number of H-pyrrole nitrogens is 2. The van der Waals surface area contributed by atoms with Crippen LogP contribution in [0.4, 0.5) is 0 Å². The summed E-state index contributed by atoms with van der Waals surface area (Å²) in [5, 5.41) is 54.5. The molecule has 0 radical (unpaired) electrons. The molecule has 0 bridgehead atoms. The summed E-state index contributed by atoms with van der Waals surface area (Å²) in [7, 11) is 0. The summed E-state index contributed by atoms with van der Waals surface area (Å²) in [6.07, 6.45) is 0. The number of aromatic nitrogens is 6. The molecule has 0 amide bonds. The van der Waals surface area contributed by atoms with Gasteiger partial charge in [-0.3, -0.25) is 0 Å². The number of carbonyl (C=O) groups excluding carboxylic acids is 2. The smallest absolute Gasteiger partial charge is 0.692 e. The van der Waals surface area contributed by atoms with E-state index in [0.717, 1.165) is 0 Å². The molecular weight excluding hydrogens is 426 g/mol. The number of carbonyl (C=O) groups is 2. The molecule has 0 unspecified atom stereocenters. The predicted molar refractivity (Wildman–Crippen MR) is 78.8 cm³/mol. The summed E-state index contributed by atoms with van der Waals surface area (Å²) >= 11 is 0. The molecule has 0 atom stereocenters. The number of hydrogen-bond acceptors (Lipinski definition) is 8. The molecule has 4 rings (SSSR count). The molecule has 0 spiro atoms. The third-order valence-corrected chi connectivity index (χ3v) is 3.40. The fourth-order valence-corrected chi connectivity index (χ4v) is 2.30. The van der Waals surface area contributed by atoms with Gasteiger partial charge in [-0.2, -0.15) is 9.69 Å². The molecule has 0 aliphatic heterocycles. The van der Waals surface area contributed by atoms with Crippen LogP contribution in [0.25, 0.3) is 22.1 Å². The topological polar surface area (TPSA) is 191 Å². The Hall–Kier alpha value is -0.947. The van der Waals surface area contributed by atoms with Crippen molar-refractivity contribution in [3.63, 3.8) is 0 Å². The Morgan fingerprint density at radius 2 is 1.11 bits per heavy atom. The van der Waals surface area contributed by atoms with Crippen LogP contribution < -0.4 is 123 Å². The Balaban J connectivity index is 0.000000261. The number of rotatable bonds is 2. The van der Waals surface area contributed by atoms with Gasteiger partial charge in [0.05, 0.1) is 23.1 Å². The van der Waals surface area contributed by atoms with Crippen LogP contribution >= 0.6 is 0 Å². The number of nitrogens with zero attached hydrogens (tertiary/aromatic N) is 4. The van der Waals surface area contributed by atoms with Crippen LogP contribution in [0.2, 0.25) is 0 Å². The Labute approximate surface area is 240 Å². The van der Waals surface area contributed by atoms with Crippen LogP contribution in [0.1, 0.15) is 20.7 Å². The first-order valence-electron chi connectivity index (χ1n) is 6.96. The first-order chi connectivity index (χ1) is 12.4. The summed E-state index contributed by atoms with van der Waals surface area (Å²) < 4.78 is 0. The average Bonchev–Trinajstić information content (AvgIpc) is 3.19. The van der Waals surface area contributed by atoms with Gasteiger partial charge in [0, 0.05) is 10.2 Å². The van der Waals surface area contributed by atoms with E-state index in [4.69, 9.17) is 0 Å². The van der Waals surface area contributed by atoms with Crippen LogP contribution in [0.3, 0.4) is 0 Å². The van der Waals surface area contributed by atoms with Crippen LogP contribution in [-0.2, 0) is 0 Å². The van der Waals surface area contributed by atoms with E-state index in [0.29, 0.717) is 20.7 Å². The second kappa shape index (κ2) is 10.7. The standard InChI is InChI=1S/2C7H5N3O3.2K/c2*11-7(12)4-2-1-3-5-6(4)10(13)9-8-5;;/h2*1-3,9H,(H,11,12);;/q;;2*+1/p-2. The molecule has 4 aromatic rings. The van der Waals surface area contributed by atoms with Crippen LogP contribution in [0.15, 0.2) is 36.4 Å². The van der Waals surface area contributed by atoms with E-state index in [1.54, 1.807) is 0 Å². The van der Waals surface area contributed by atoms with E-state index >= 15 is 0 Å². The summed E-state index contributed by atoms with van der Waals surface area (Å²) in [5.41, 5.74) is 0.251. The molecule has 12 nitrogen and oxygen atoms in total. The van der Waals surface area contributed by atoms with Gasteiger partial charge in [-0.05, 0) is 24.3 Å². The molecule has 28 heavy (non-hydrogen) atoms. The van der Waals surface area contributed by atoms with Crippen molar-refractivity contribution in [3.8, 4) is 0 Å². The van der Waals surface area contributed by atoms with Gasteiger partial charge in [0.2, 0.25) is 22.1 Å². The van der Waals surface area contributed by atoms with Gasteiger partial charge < -0.3 is 30.2 Å². The predicted octanol–water partition coefficient (Wildman–Crippen LogP) is -8.87. The molecule has 0 aliphatic carbocycles. The fourth-order valence-electron chi connectivity index (χ4n) is 2.30. The number of aromatic amines is 2. The third kappa shape index (κ3) is 5.15. The van der Waals surface area contributed by atoms with Crippen LogP contribution in [0, 0.1) is 10.4 Å². The minimum Gasteiger partial charge on any atom is -0.692 e. The minimum atomic E-state index is -1.39. The first kappa shape index (κ1) is 25.1. The number of carboxylic acids is 2. The van der Waals surface area contributed by atoms with E-state index in [2.05, 4.69) is 20.6 Å². The molecule has 0 saturated heterocycles. The van der Waals surface area contributed by atoms with Crippen molar-refractivity contribution in [2.45, 2.75) is 0 Å². The van der Waals surface area contributed by atoms with Gasteiger partial charge in [0.1, 0.15) is 0 Å². The Bertz CT molecular complexity index is 1050. The molecule has 2 aromatic carbocycles. The number of aromatic carboxylic acids is 2. The number of nitrogens with one attached hydrogen (secondary N) is 2. The maximum Gasteiger partial charge on any atom is 1.00 e. The zero-order chi connectivity index (χ0) is 18.8. The van der Waals surface area contributed by atoms with Crippen molar-refractivity contribution >= 4 is 34.0 Å². The Morgan fingerprint density at radius 1 is 0.750 bits per heavy atom. The fraction of sp³-hybridized carbons (Fsp3) is 0. The van der Waals surface area contributed by atoms with Gasteiger partial charge in [-0.1, -0.05) is 22.6 Å². The number of fused-ring (bicyclic) bond motifs is 2. The zero-order valence-electron chi connectivity index (χ0n) is 14.7. The second-order valence-electron chi connectivity index (χ2n) is 4.93. The van der Waals surface area contributed by atoms with Gasteiger partial charge in [0.15, 0.2) is 0 Å². The second-order valence-corrected chi connectivity index (χ2v) is 4.93. The molecule has 2 N–H and O–H groups in total. The molecule has 2 heterocycles. The van der Waals surface area contributed by atoms with Crippen molar-refractivity contribution in [1.82, 2.24) is 20.6 Å². The summed E-state index contributed by atoms with van der Waals surface area (Å²) in [6, 6.07) is 8.64. The van der Waals surface area contributed by atoms with E-state index in [1.165, 1.54) is 36.4 Å². The molecule has 132 valence electrons. The van der Waals surface area contributed by atoms with E-state index in [-0.39, 0.29) is 125 Å². The van der Waals surface area contributed by atoms with Crippen LogP contribution in [0.5, 0.6) is 0 Å². The quantitative estimate of drug-likeness (QED) is 0.176. The van der Waals surface area contributed by atoms with Crippen molar-refractivity contribution in [1.29, 1.82) is 0 Å². The van der Waals surface area contributed by atoms with Crippen LogP contribution in [-0.4, -0.2) is 32.6 Å². The van der Waals surface area contributed by atoms with Gasteiger partial charge in [0.25, 0.3) is 0 Å². The molecule has 0 fully saturated rings. The first-order valence-corrected chi connectivity index (χ1v) is 6.96. The van der Waals surface area contributed by atoms with Crippen molar-refractivity contribution < 1.29 is 132 Å². The average molecular weight is 434 g/mol. The van der Waals surface area contributed by atoms with Gasteiger partial charge >= 0.3 is 103 Å². The zero-order valence-corrected chi connectivity index (χ0v) is 20.9. The number of carboxylic acid groups (broad SMARTS) is 2. The monoisotopic (exact) mass is 434 g/mol. The SMILES string of the molecule is O=C([O-])c1cccc2n[nH][n+]([O-])c12.O=C([O-])c1cccc2n[nH][n+]([O-])c12.[K+].[K+]. The van der Waals surface area contributed by atoms with E-state index in [9.17, 15) is 30.2 Å². The molecule has 0 saturated carbocycles. The molecule has 2 aromatic heterocycles. The van der Waals surface area contributed by atoms with Crippen molar-refractivity contribution in [3.05, 3.63) is 57.9 Å². The molecule has 14 heteroatoms. The number of para-hydroxylation sites is 2. The minimum absolute atomic E-state index is 0. The normalized spacial score (nSPS) is 9.71. The third-order valence-electron chi connectivity index (χ3n) is 3.40. The van der Waals surface area contributed by atoms with E-state index in [1.807, 2.05) is 0 Å². The van der Waals surface area contributed by atoms with E-state index < -0.39 is 11.9 Å². The largest absolute Gasteiger partial charge is 1.00 e. The van der Waals surface area contributed by atoms with Crippen molar-refractivity contribution in [2.24, 2.45) is 0 Å². The number of hydrogen-bond donors (Lipinski definition) is 2.